The van der Waals surface area contributed by atoms with Gasteiger partial charge in [-0.05, 0) is 92.6 Å². The van der Waals surface area contributed by atoms with Crippen molar-refractivity contribution >= 4 is 56.1 Å². The predicted octanol–water partition coefficient (Wildman–Crippen LogP) is 7.56. The van der Waals surface area contributed by atoms with Gasteiger partial charge in [0.15, 0.2) is 0 Å². The third-order valence-electron chi connectivity index (χ3n) is 6.87. The Morgan fingerprint density at radius 3 is 1.91 bits per heavy atom. The fraction of sp³-hybridized carbons (Fsp3) is 0.161. The second kappa shape index (κ2) is 13.2. The molecular formula is C31H29ClN6O6S2. The van der Waals surface area contributed by atoms with Crippen LogP contribution in [0, 0.1) is 34.6 Å². The molecule has 0 aliphatic heterocycles. The molecule has 0 saturated carbocycles. The number of hydrogen-bond donors (Lipinski definition) is 3. The van der Waals surface area contributed by atoms with Gasteiger partial charge in [-0.2, -0.15) is 0 Å². The van der Waals surface area contributed by atoms with Crippen LogP contribution in [0.3, 0.4) is 0 Å². The Kier molecular flexibility index (Phi) is 9.32. The van der Waals surface area contributed by atoms with Gasteiger partial charge in [0.1, 0.15) is 33.0 Å². The Labute approximate surface area is 273 Å². The molecule has 6 rings (SSSR count). The molecule has 4 heterocycles. The monoisotopic (exact) mass is 680 g/mol. The maximum atomic E-state index is 13.0. The number of halogens is 1. The van der Waals surface area contributed by atoms with Crippen LogP contribution in [0.2, 0.25) is 5.02 Å². The molecule has 2 aromatic carbocycles. The number of nitrogens with one attached hydrogen (secondary N) is 2. The Morgan fingerprint density at radius 2 is 1.43 bits per heavy atom. The number of benzene rings is 2. The lowest BCUT2D eigenvalue weighted by molar-refractivity contribution is 0.102. The van der Waals surface area contributed by atoms with Crippen LogP contribution in [0.4, 0.5) is 17.3 Å². The fourth-order valence-corrected chi connectivity index (χ4v) is 7.05. The smallest absolute Gasteiger partial charge is 0.267 e. The first-order valence-corrected chi connectivity index (χ1v) is 16.4. The van der Waals surface area contributed by atoms with E-state index in [1.54, 1.807) is 25.6 Å². The number of nitrogen functional groups attached to an aromatic ring is 1. The second-order valence-electron chi connectivity index (χ2n) is 10.3. The summed E-state index contributed by atoms with van der Waals surface area (Å²) in [5.74, 6) is 0.329. The molecule has 238 valence electrons. The molecule has 4 N–H and O–H groups in total. The zero-order valence-corrected chi connectivity index (χ0v) is 27.7. The Hall–Kier alpha value is -4.92. The molecule has 0 aliphatic carbocycles. The van der Waals surface area contributed by atoms with Crippen molar-refractivity contribution in [1.29, 1.82) is 0 Å². The summed E-state index contributed by atoms with van der Waals surface area (Å²) in [6.45, 7) is 9.20. The molecule has 1 amide bonds. The molecule has 46 heavy (non-hydrogen) atoms. The number of aromatic nitrogens is 3. The molecule has 0 bridgehead atoms. The summed E-state index contributed by atoms with van der Waals surface area (Å²) in [7, 11) is -4.14. The third-order valence-corrected chi connectivity index (χ3v) is 9.73. The molecule has 0 radical (unpaired) electrons. The van der Waals surface area contributed by atoms with Gasteiger partial charge in [0.25, 0.3) is 21.8 Å². The highest BCUT2D eigenvalue weighted by Gasteiger charge is 2.27. The summed E-state index contributed by atoms with van der Waals surface area (Å²) < 4.78 is 43.4. The summed E-state index contributed by atoms with van der Waals surface area (Å²) in [4.78, 5) is 21.0. The number of amides is 1. The molecule has 0 fully saturated rings. The first-order chi connectivity index (χ1) is 21.9. The van der Waals surface area contributed by atoms with Gasteiger partial charge in [-0.3, -0.25) is 4.79 Å². The number of nitrogens with two attached hydrogens (primary N) is 1. The lowest BCUT2D eigenvalue weighted by atomic mass is 10.0. The van der Waals surface area contributed by atoms with Crippen molar-refractivity contribution in [3.63, 3.8) is 0 Å². The van der Waals surface area contributed by atoms with Crippen molar-refractivity contribution < 1.29 is 26.6 Å². The van der Waals surface area contributed by atoms with Crippen LogP contribution in [0.1, 0.15) is 37.6 Å². The fourth-order valence-electron chi connectivity index (χ4n) is 4.56. The number of sulfonamides is 1. The largest absolute Gasteiger partial charge is 0.445 e. The molecule has 0 spiro atoms. The van der Waals surface area contributed by atoms with Crippen LogP contribution in [0.25, 0.3) is 22.9 Å². The standard InChI is InChI=1S/C20H17ClN4O5S2.C11H12N2O/c1-10-8-13(19-22-5-6-29-19)9-11(2)16(10)23-18(26)17-14(4-7-31-17)32(27,28)25-20-15(21)12(3)24-30-20;1-7-5-9(6-8(2)10(7)12)11-13-3-4-14-11/h4-9,25H,1-3H3,(H,23,26);3-6H,12H2,1-2H3. The van der Waals surface area contributed by atoms with E-state index in [4.69, 9.17) is 30.7 Å². The van der Waals surface area contributed by atoms with E-state index in [-0.39, 0.29) is 20.7 Å². The minimum atomic E-state index is -4.14. The van der Waals surface area contributed by atoms with Gasteiger partial charge in [-0.1, -0.05) is 16.8 Å². The molecule has 4 aromatic heterocycles. The van der Waals surface area contributed by atoms with Crippen LogP contribution in [0.5, 0.6) is 0 Å². The number of carbonyl (C=O) groups is 1. The maximum absolute atomic E-state index is 13.0. The van der Waals surface area contributed by atoms with Gasteiger partial charge in [-0.25, -0.2) is 23.1 Å². The van der Waals surface area contributed by atoms with Gasteiger partial charge in [0.05, 0.1) is 12.4 Å². The topological polar surface area (TPSA) is 179 Å². The molecule has 0 saturated heterocycles. The van der Waals surface area contributed by atoms with Gasteiger partial charge in [-0.15, -0.1) is 11.3 Å². The number of oxazole rings is 2. The van der Waals surface area contributed by atoms with E-state index in [2.05, 4.69) is 25.2 Å². The van der Waals surface area contributed by atoms with Crippen LogP contribution in [-0.4, -0.2) is 29.4 Å². The normalized spacial score (nSPS) is 11.2. The summed E-state index contributed by atoms with van der Waals surface area (Å²) in [6, 6.07) is 8.96. The summed E-state index contributed by atoms with van der Waals surface area (Å²) >= 11 is 7.00. The molecule has 6 aromatic rings. The first-order valence-electron chi connectivity index (χ1n) is 13.7. The van der Waals surface area contributed by atoms with Crippen molar-refractivity contribution in [2.45, 2.75) is 39.5 Å². The van der Waals surface area contributed by atoms with E-state index in [1.807, 2.05) is 52.0 Å². The number of aryl methyl sites for hydroxylation is 5. The van der Waals surface area contributed by atoms with Gasteiger partial charge in [0, 0.05) is 22.5 Å². The number of carbonyl (C=O) groups excluding carboxylic acids is 1. The van der Waals surface area contributed by atoms with Gasteiger partial charge in [0.2, 0.25) is 11.8 Å². The van der Waals surface area contributed by atoms with Crippen molar-refractivity contribution in [2.75, 3.05) is 15.8 Å². The lowest BCUT2D eigenvalue weighted by Crippen LogP contribution is -2.19. The van der Waals surface area contributed by atoms with Crippen molar-refractivity contribution in [2.24, 2.45) is 0 Å². The summed E-state index contributed by atoms with van der Waals surface area (Å²) in [5.41, 5.74) is 13.0. The van der Waals surface area contributed by atoms with E-state index < -0.39 is 15.9 Å². The minimum Gasteiger partial charge on any atom is -0.445 e. The molecule has 12 nitrogen and oxygen atoms in total. The maximum Gasteiger partial charge on any atom is 0.267 e. The number of anilines is 3. The zero-order valence-electron chi connectivity index (χ0n) is 25.3. The Balaban J connectivity index is 0.000000247. The van der Waals surface area contributed by atoms with E-state index >= 15 is 0 Å². The molecule has 15 heteroatoms. The van der Waals surface area contributed by atoms with Crippen LogP contribution in [-0.2, 0) is 10.0 Å². The quantitative estimate of drug-likeness (QED) is 0.142. The van der Waals surface area contributed by atoms with Crippen LogP contribution >= 0.6 is 22.9 Å². The van der Waals surface area contributed by atoms with E-state index in [1.165, 1.54) is 17.7 Å². The average molecular weight is 681 g/mol. The summed E-state index contributed by atoms with van der Waals surface area (Å²) in [6.07, 6.45) is 6.23. The lowest BCUT2D eigenvalue weighted by Gasteiger charge is -2.13. The SMILES string of the molecule is Cc1cc(-c2ncco2)cc(C)c1N.Cc1cc(-c2ncco2)cc(C)c1NC(=O)c1sccc1S(=O)(=O)Nc1onc(C)c1Cl. The number of hydrogen-bond acceptors (Lipinski definition) is 11. The minimum absolute atomic E-state index is 0.0143. The van der Waals surface area contributed by atoms with Crippen molar-refractivity contribution in [1.82, 2.24) is 15.1 Å². The first kappa shape index (κ1) is 32.5. The molecule has 0 unspecified atom stereocenters. The van der Waals surface area contributed by atoms with Crippen molar-refractivity contribution in [3.8, 4) is 22.9 Å². The molecular weight excluding hydrogens is 652 g/mol. The average Bonchev–Trinajstić information content (AvgIpc) is 3.84. The third kappa shape index (κ3) is 6.83. The number of rotatable bonds is 7. The van der Waals surface area contributed by atoms with E-state index in [0.29, 0.717) is 23.2 Å². The van der Waals surface area contributed by atoms with Gasteiger partial charge >= 0.3 is 0 Å². The number of nitrogens with zero attached hydrogens (tertiary/aromatic N) is 3. The van der Waals surface area contributed by atoms with Crippen LogP contribution in [0.15, 0.2) is 78.9 Å². The van der Waals surface area contributed by atoms with E-state index in [9.17, 15) is 13.2 Å². The second-order valence-corrected chi connectivity index (χ2v) is 13.2. The van der Waals surface area contributed by atoms with Gasteiger partial charge < -0.3 is 24.4 Å². The molecule has 0 aliphatic rings. The highest BCUT2D eigenvalue weighted by Crippen LogP contribution is 2.32. The van der Waals surface area contributed by atoms with Crippen molar-refractivity contribution in [3.05, 3.63) is 98.5 Å². The van der Waals surface area contributed by atoms with E-state index in [0.717, 1.165) is 50.4 Å². The zero-order chi connectivity index (χ0) is 33.2. The highest BCUT2D eigenvalue weighted by molar-refractivity contribution is 7.93. The molecule has 0 atom stereocenters. The Bertz CT molecular complexity index is 2070. The summed E-state index contributed by atoms with van der Waals surface area (Å²) in [5, 5.41) is 7.99. The highest BCUT2D eigenvalue weighted by atomic mass is 35.5. The Morgan fingerprint density at radius 1 is 0.891 bits per heavy atom. The number of thiophene rings is 1. The van der Waals surface area contributed by atoms with Crippen LogP contribution < -0.4 is 15.8 Å². The predicted molar refractivity (Wildman–Crippen MR) is 177 cm³/mol.